The van der Waals surface area contributed by atoms with Crippen molar-refractivity contribution in [3.05, 3.63) is 29.8 Å². The van der Waals surface area contributed by atoms with Gasteiger partial charge < -0.3 is 10.3 Å². The molecule has 0 fully saturated rings. The van der Waals surface area contributed by atoms with Crippen molar-refractivity contribution in [2.24, 2.45) is 5.73 Å². The van der Waals surface area contributed by atoms with Gasteiger partial charge in [0.05, 0.1) is 4.21 Å². The van der Waals surface area contributed by atoms with E-state index in [-0.39, 0.29) is 0 Å². The fourth-order valence-electron chi connectivity index (χ4n) is 1.64. The van der Waals surface area contributed by atoms with Gasteiger partial charge in [0, 0.05) is 4.70 Å². The predicted molar refractivity (Wildman–Crippen MR) is 74.9 cm³/mol. The van der Waals surface area contributed by atoms with Gasteiger partial charge in [-0.15, -0.1) is 21.6 Å². The molecule has 2 nitrogen and oxygen atoms in total. The van der Waals surface area contributed by atoms with Crippen molar-refractivity contribution < 1.29 is 4.55 Å². The number of thiophene rings is 1. The molecule has 2 aromatic rings. The van der Waals surface area contributed by atoms with Crippen LogP contribution in [0.25, 0.3) is 10.1 Å². The minimum absolute atomic E-state index is 0.680. The molecule has 1 aromatic carbocycles. The lowest BCUT2D eigenvalue weighted by Gasteiger charge is -2.20. The predicted octanol–water partition coefficient (Wildman–Crippen LogP) is 3.30. The number of nitrogens with two attached hydrogens (primary N) is 1. The van der Waals surface area contributed by atoms with Crippen LogP contribution >= 0.6 is 21.6 Å². The molecule has 0 aliphatic heterocycles. The summed E-state index contributed by atoms with van der Waals surface area (Å²) in [7, 11) is -1.60. The van der Waals surface area contributed by atoms with Gasteiger partial charge in [0.25, 0.3) is 0 Å². The Morgan fingerprint density at radius 3 is 2.69 bits per heavy atom. The quantitative estimate of drug-likeness (QED) is 0.884. The molecule has 0 bridgehead atoms. The smallest absolute Gasteiger partial charge is 0.0656 e. The van der Waals surface area contributed by atoms with Crippen LogP contribution in [0.2, 0.25) is 0 Å². The summed E-state index contributed by atoms with van der Waals surface area (Å²) >= 11 is 1.69. The van der Waals surface area contributed by atoms with Crippen LogP contribution in [-0.2, 0) is 6.42 Å². The van der Waals surface area contributed by atoms with Gasteiger partial charge in [0.1, 0.15) is 0 Å². The summed E-state index contributed by atoms with van der Waals surface area (Å²) in [5.74, 6) is 0. The Labute approximate surface area is 102 Å². The van der Waals surface area contributed by atoms with E-state index < -0.39 is 10.3 Å². The van der Waals surface area contributed by atoms with Gasteiger partial charge >= 0.3 is 0 Å². The van der Waals surface area contributed by atoms with E-state index in [0.29, 0.717) is 6.54 Å². The highest BCUT2D eigenvalue weighted by atomic mass is 32.3. The number of benzene rings is 1. The number of hydrogen-bond donors (Lipinski definition) is 2. The number of fused-ring (bicyclic) bond motifs is 1. The summed E-state index contributed by atoms with van der Waals surface area (Å²) in [6.45, 7) is 0.680. The Hall–Kier alpha value is -0.550. The monoisotopic (exact) mass is 255 g/mol. The van der Waals surface area contributed by atoms with Gasteiger partial charge in [-0.25, -0.2) is 0 Å². The van der Waals surface area contributed by atoms with E-state index in [9.17, 15) is 4.55 Å². The lowest BCUT2D eigenvalue weighted by atomic mass is 10.1. The summed E-state index contributed by atoms with van der Waals surface area (Å²) in [6.07, 6.45) is 4.72. The van der Waals surface area contributed by atoms with Crippen LogP contribution in [0.3, 0.4) is 0 Å². The average Bonchev–Trinajstić information content (AvgIpc) is 2.60. The van der Waals surface area contributed by atoms with Crippen molar-refractivity contribution in [3.63, 3.8) is 0 Å². The molecule has 0 unspecified atom stereocenters. The molecule has 1 heterocycles. The second-order valence-corrected chi connectivity index (χ2v) is 8.58. The standard InChI is InChI=1S/C12H17NOS2/c1-16(2,14)12-8-10-7-9(5-6-13)3-4-11(10)15-12/h3-4,7-8,14H,5-6,13H2,1-2H3. The third-order valence-corrected chi connectivity index (χ3v) is 5.97. The first-order valence-corrected chi connectivity index (χ1v) is 8.41. The first-order chi connectivity index (χ1) is 7.50. The third-order valence-electron chi connectivity index (χ3n) is 2.48. The van der Waals surface area contributed by atoms with Crippen LogP contribution in [0.1, 0.15) is 5.56 Å². The largest absolute Gasteiger partial charge is 0.347 e. The van der Waals surface area contributed by atoms with Crippen molar-refractivity contribution in [1.82, 2.24) is 0 Å². The molecule has 88 valence electrons. The van der Waals surface area contributed by atoms with Crippen molar-refractivity contribution in [1.29, 1.82) is 0 Å². The van der Waals surface area contributed by atoms with Gasteiger partial charge in [-0.05, 0) is 48.6 Å². The van der Waals surface area contributed by atoms with Crippen molar-refractivity contribution >= 4 is 31.7 Å². The molecule has 4 heteroatoms. The Balaban J connectivity index is 2.46. The molecule has 16 heavy (non-hydrogen) atoms. The number of rotatable bonds is 3. The van der Waals surface area contributed by atoms with Gasteiger partial charge in [0.15, 0.2) is 0 Å². The number of hydrogen-bond acceptors (Lipinski definition) is 3. The molecule has 0 aliphatic carbocycles. The zero-order valence-corrected chi connectivity index (χ0v) is 11.2. The molecular weight excluding hydrogens is 238 g/mol. The van der Waals surface area contributed by atoms with Gasteiger partial charge in [-0.3, -0.25) is 0 Å². The normalized spacial score (nSPS) is 13.2. The van der Waals surface area contributed by atoms with Crippen LogP contribution in [0, 0.1) is 0 Å². The zero-order valence-electron chi connectivity index (χ0n) is 9.56. The van der Waals surface area contributed by atoms with E-state index in [1.165, 1.54) is 15.6 Å². The van der Waals surface area contributed by atoms with Crippen molar-refractivity contribution in [2.45, 2.75) is 10.6 Å². The maximum atomic E-state index is 10.0. The van der Waals surface area contributed by atoms with Crippen LogP contribution in [0.4, 0.5) is 0 Å². The highest BCUT2D eigenvalue weighted by Crippen LogP contribution is 2.50. The van der Waals surface area contributed by atoms with E-state index in [4.69, 9.17) is 5.73 Å². The molecule has 0 atom stereocenters. The summed E-state index contributed by atoms with van der Waals surface area (Å²) in [5, 5.41) is 1.22. The first-order valence-electron chi connectivity index (χ1n) is 5.19. The fraction of sp³-hybridized carbons (Fsp3) is 0.333. The molecule has 0 radical (unpaired) electrons. The topological polar surface area (TPSA) is 46.2 Å². The fourth-order valence-corrected chi connectivity index (χ4v) is 3.91. The van der Waals surface area contributed by atoms with E-state index in [2.05, 4.69) is 24.3 Å². The molecule has 3 N–H and O–H groups in total. The molecule has 0 spiro atoms. The Morgan fingerprint density at radius 1 is 1.31 bits per heavy atom. The molecule has 0 aliphatic rings. The van der Waals surface area contributed by atoms with Gasteiger partial charge in [-0.2, -0.15) is 0 Å². The summed E-state index contributed by atoms with van der Waals surface area (Å²) in [6, 6.07) is 8.53. The Bertz CT molecular complexity index is 499. The summed E-state index contributed by atoms with van der Waals surface area (Å²) < 4.78 is 12.4. The molecule has 0 amide bonds. The second-order valence-electron chi connectivity index (χ2n) is 4.25. The summed E-state index contributed by atoms with van der Waals surface area (Å²) in [5.41, 5.74) is 6.81. The van der Waals surface area contributed by atoms with Crippen molar-refractivity contribution in [2.75, 3.05) is 19.1 Å². The van der Waals surface area contributed by atoms with Crippen LogP contribution in [0.15, 0.2) is 28.5 Å². The minimum Gasteiger partial charge on any atom is -0.347 e. The summed E-state index contributed by atoms with van der Waals surface area (Å²) in [4.78, 5) is 0. The van der Waals surface area contributed by atoms with Crippen LogP contribution in [-0.4, -0.2) is 23.6 Å². The van der Waals surface area contributed by atoms with Gasteiger partial charge in [0.2, 0.25) is 0 Å². The van der Waals surface area contributed by atoms with Gasteiger partial charge in [-0.1, -0.05) is 12.1 Å². The maximum Gasteiger partial charge on any atom is 0.0656 e. The molecular formula is C12H17NOS2. The van der Waals surface area contributed by atoms with E-state index in [0.717, 1.165) is 10.6 Å². The van der Waals surface area contributed by atoms with Crippen LogP contribution < -0.4 is 5.73 Å². The van der Waals surface area contributed by atoms with E-state index >= 15 is 0 Å². The highest BCUT2D eigenvalue weighted by molar-refractivity contribution is 8.29. The minimum atomic E-state index is -1.60. The zero-order chi connectivity index (χ0) is 11.8. The Kier molecular flexibility index (Phi) is 3.26. The maximum absolute atomic E-state index is 10.0. The molecule has 2 rings (SSSR count). The molecule has 0 saturated heterocycles. The molecule has 0 saturated carbocycles. The lowest BCUT2D eigenvalue weighted by Crippen LogP contribution is -2.02. The van der Waals surface area contributed by atoms with Crippen molar-refractivity contribution in [3.8, 4) is 0 Å². The average molecular weight is 255 g/mol. The van der Waals surface area contributed by atoms with Crippen LogP contribution in [0.5, 0.6) is 0 Å². The third kappa shape index (κ3) is 2.40. The van der Waals surface area contributed by atoms with E-state index in [1.54, 1.807) is 11.3 Å². The Morgan fingerprint density at radius 2 is 2.06 bits per heavy atom. The molecule has 1 aromatic heterocycles. The first kappa shape index (κ1) is 11.9. The van der Waals surface area contributed by atoms with E-state index in [1.807, 2.05) is 12.5 Å². The highest BCUT2D eigenvalue weighted by Gasteiger charge is 2.13. The second kappa shape index (κ2) is 4.37. The SMILES string of the molecule is CS(C)(O)c1cc2cc(CCN)ccc2s1. The lowest BCUT2D eigenvalue weighted by molar-refractivity contribution is 0.639.